The van der Waals surface area contributed by atoms with E-state index < -0.39 is 0 Å². The first kappa shape index (κ1) is 9.52. The summed E-state index contributed by atoms with van der Waals surface area (Å²) in [5, 5.41) is 2.87. The number of piperazine rings is 1. The van der Waals surface area contributed by atoms with Crippen LogP contribution in [-0.4, -0.2) is 36.5 Å². The molecule has 70 valence electrons. The zero-order valence-electron chi connectivity index (χ0n) is 7.97. The highest BCUT2D eigenvalue weighted by molar-refractivity contribution is 5.78. The Balaban J connectivity index is 0.000000336. The molecule has 0 saturated carbocycles. The zero-order chi connectivity index (χ0) is 8.97. The summed E-state index contributed by atoms with van der Waals surface area (Å²) in [6.07, 6.45) is 2.53. The summed E-state index contributed by atoms with van der Waals surface area (Å²) in [6, 6.07) is 0.651. The van der Waals surface area contributed by atoms with Gasteiger partial charge in [-0.25, -0.2) is 0 Å². The molecule has 0 aliphatic carbocycles. The molecule has 1 atom stereocenters. The van der Waals surface area contributed by atoms with Gasteiger partial charge >= 0.3 is 0 Å². The van der Waals surface area contributed by atoms with Gasteiger partial charge in [0, 0.05) is 12.6 Å². The van der Waals surface area contributed by atoms with Gasteiger partial charge in [-0.3, -0.25) is 9.69 Å². The second-order valence-corrected chi connectivity index (χ2v) is 3.07. The van der Waals surface area contributed by atoms with Crippen LogP contribution in [0.3, 0.4) is 0 Å². The Kier molecular flexibility index (Phi) is 3.53. The Labute approximate surface area is 74.1 Å². The highest BCUT2D eigenvalue weighted by Crippen LogP contribution is 2.17. The van der Waals surface area contributed by atoms with Crippen LogP contribution in [0.4, 0.5) is 0 Å². The number of nitrogens with zero attached hydrogens (tertiary/aromatic N) is 1. The van der Waals surface area contributed by atoms with Gasteiger partial charge < -0.3 is 5.32 Å². The van der Waals surface area contributed by atoms with E-state index in [0.29, 0.717) is 12.6 Å². The molecule has 0 radical (unpaired) electrons. The number of hydrogen-bond acceptors (Lipinski definition) is 2. The van der Waals surface area contributed by atoms with Gasteiger partial charge in [0.15, 0.2) is 0 Å². The maximum Gasteiger partial charge on any atom is 0.234 e. The third kappa shape index (κ3) is 1.97. The van der Waals surface area contributed by atoms with E-state index >= 15 is 0 Å². The normalized spacial score (nSPS) is 28.5. The minimum absolute atomic E-state index is 0.193. The van der Waals surface area contributed by atoms with Crippen LogP contribution in [0, 0.1) is 0 Å². The van der Waals surface area contributed by atoms with Gasteiger partial charge in [0.1, 0.15) is 0 Å². The van der Waals surface area contributed by atoms with Gasteiger partial charge in [-0.2, -0.15) is 0 Å². The first-order valence-corrected chi connectivity index (χ1v) is 4.87. The zero-order valence-corrected chi connectivity index (χ0v) is 7.97. The third-order valence-electron chi connectivity index (χ3n) is 2.38. The smallest absolute Gasteiger partial charge is 0.234 e. The molecule has 2 aliphatic heterocycles. The lowest BCUT2D eigenvalue weighted by Gasteiger charge is -2.28. The van der Waals surface area contributed by atoms with Gasteiger partial charge in [-0.15, -0.1) is 0 Å². The fraction of sp³-hybridized carbons (Fsp3) is 0.889. The molecule has 2 fully saturated rings. The first-order chi connectivity index (χ1) is 5.86. The highest BCUT2D eigenvalue weighted by atomic mass is 16.2. The van der Waals surface area contributed by atoms with Crippen LogP contribution in [0.1, 0.15) is 26.7 Å². The van der Waals surface area contributed by atoms with E-state index in [4.69, 9.17) is 0 Å². The van der Waals surface area contributed by atoms with Crippen molar-refractivity contribution >= 4 is 5.91 Å². The summed E-state index contributed by atoms with van der Waals surface area (Å²) in [4.78, 5) is 13.1. The molecule has 0 aromatic carbocycles. The largest absolute Gasteiger partial charge is 0.353 e. The van der Waals surface area contributed by atoms with Crippen molar-refractivity contribution in [1.29, 1.82) is 0 Å². The van der Waals surface area contributed by atoms with Crippen molar-refractivity contribution in [2.75, 3.05) is 19.6 Å². The number of amides is 1. The lowest BCUT2D eigenvalue weighted by Crippen LogP contribution is -2.51. The molecule has 1 unspecified atom stereocenters. The molecule has 2 saturated heterocycles. The topological polar surface area (TPSA) is 32.3 Å². The SMILES string of the molecule is CC.O=C1CN2CCCC2CN1. The van der Waals surface area contributed by atoms with Crippen molar-refractivity contribution in [3.05, 3.63) is 0 Å². The molecule has 3 nitrogen and oxygen atoms in total. The van der Waals surface area contributed by atoms with Gasteiger partial charge in [-0.1, -0.05) is 13.8 Å². The van der Waals surface area contributed by atoms with Crippen molar-refractivity contribution in [3.63, 3.8) is 0 Å². The molecule has 2 rings (SSSR count). The molecular weight excluding hydrogens is 152 g/mol. The van der Waals surface area contributed by atoms with Crippen molar-refractivity contribution in [2.45, 2.75) is 32.7 Å². The number of nitrogens with one attached hydrogen (secondary N) is 1. The van der Waals surface area contributed by atoms with Crippen molar-refractivity contribution in [1.82, 2.24) is 10.2 Å². The Bertz CT molecular complexity index is 159. The van der Waals surface area contributed by atoms with Crippen LogP contribution in [0.25, 0.3) is 0 Å². The standard InChI is InChI=1S/C7H12N2O.C2H6/c10-7-5-9-3-1-2-6(9)4-8-7;1-2/h6H,1-5H2,(H,8,10);1-2H3. The fourth-order valence-electron chi connectivity index (χ4n) is 1.81. The molecule has 2 aliphatic rings. The number of hydrogen-bond donors (Lipinski definition) is 1. The third-order valence-corrected chi connectivity index (χ3v) is 2.38. The Morgan fingerprint density at radius 2 is 2.25 bits per heavy atom. The Morgan fingerprint density at radius 3 is 3.00 bits per heavy atom. The van der Waals surface area contributed by atoms with E-state index in [1.54, 1.807) is 0 Å². The van der Waals surface area contributed by atoms with E-state index in [-0.39, 0.29) is 5.91 Å². The number of carbonyl (C=O) groups is 1. The Morgan fingerprint density at radius 1 is 1.50 bits per heavy atom. The minimum atomic E-state index is 0.193. The molecule has 0 aromatic rings. The molecule has 0 bridgehead atoms. The van der Waals surface area contributed by atoms with Crippen LogP contribution in [0.15, 0.2) is 0 Å². The van der Waals surface area contributed by atoms with E-state index in [2.05, 4.69) is 10.2 Å². The van der Waals surface area contributed by atoms with Crippen LogP contribution in [-0.2, 0) is 4.79 Å². The van der Waals surface area contributed by atoms with Crippen LogP contribution < -0.4 is 5.32 Å². The summed E-state index contributed by atoms with van der Waals surface area (Å²) in [6.45, 7) is 6.63. The van der Waals surface area contributed by atoms with Crippen molar-refractivity contribution in [3.8, 4) is 0 Å². The molecule has 0 aromatic heterocycles. The molecule has 1 N–H and O–H groups in total. The van der Waals surface area contributed by atoms with E-state index in [1.165, 1.54) is 12.8 Å². The monoisotopic (exact) mass is 170 g/mol. The second kappa shape index (κ2) is 4.45. The van der Waals surface area contributed by atoms with Gasteiger partial charge in [-0.05, 0) is 19.4 Å². The van der Waals surface area contributed by atoms with Gasteiger partial charge in [0.05, 0.1) is 6.54 Å². The summed E-state index contributed by atoms with van der Waals surface area (Å²) in [5.41, 5.74) is 0. The van der Waals surface area contributed by atoms with Gasteiger partial charge in [0.25, 0.3) is 0 Å². The van der Waals surface area contributed by atoms with E-state index in [0.717, 1.165) is 13.1 Å². The van der Waals surface area contributed by atoms with E-state index in [9.17, 15) is 4.79 Å². The summed E-state index contributed by atoms with van der Waals surface area (Å²) in [5.74, 6) is 0.193. The number of carbonyl (C=O) groups excluding carboxylic acids is 1. The fourth-order valence-corrected chi connectivity index (χ4v) is 1.81. The molecule has 3 heteroatoms. The second-order valence-electron chi connectivity index (χ2n) is 3.07. The predicted molar refractivity (Wildman–Crippen MR) is 49.0 cm³/mol. The average Bonchev–Trinajstić information content (AvgIpc) is 2.54. The number of rotatable bonds is 0. The molecule has 0 spiro atoms. The number of fused-ring (bicyclic) bond motifs is 1. The molecule has 1 amide bonds. The van der Waals surface area contributed by atoms with Gasteiger partial charge in [0.2, 0.25) is 5.91 Å². The van der Waals surface area contributed by atoms with Crippen LogP contribution >= 0.6 is 0 Å². The maximum absolute atomic E-state index is 10.9. The lowest BCUT2D eigenvalue weighted by atomic mass is 10.2. The quantitative estimate of drug-likeness (QED) is 0.577. The minimum Gasteiger partial charge on any atom is -0.353 e. The lowest BCUT2D eigenvalue weighted by molar-refractivity contribution is -0.124. The van der Waals surface area contributed by atoms with Crippen LogP contribution in [0.2, 0.25) is 0 Å². The Hall–Kier alpha value is -0.570. The summed E-state index contributed by atoms with van der Waals surface area (Å²) >= 11 is 0. The molecule has 2 heterocycles. The maximum atomic E-state index is 10.9. The van der Waals surface area contributed by atoms with Crippen molar-refractivity contribution < 1.29 is 4.79 Å². The first-order valence-electron chi connectivity index (χ1n) is 4.87. The average molecular weight is 170 g/mol. The molecule has 12 heavy (non-hydrogen) atoms. The summed E-state index contributed by atoms with van der Waals surface area (Å²) < 4.78 is 0. The molecular formula is C9H18N2O. The van der Waals surface area contributed by atoms with Crippen LogP contribution in [0.5, 0.6) is 0 Å². The predicted octanol–water partition coefficient (Wildman–Crippen LogP) is 0.607. The summed E-state index contributed by atoms with van der Waals surface area (Å²) in [7, 11) is 0. The van der Waals surface area contributed by atoms with E-state index in [1.807, 2.05) is 13.8 Å². The van der Waals surface area contributed by atoms with Crippen molar-refractivity contribution in [2.24, 2.45) is 0 Å². The highest BCUT2D eigenvalue weighted by Gasteiger charge is 2.29.